The average Bonchev–Trinajstić information content (AvgIpc) is 2.68. The van der Waals surface area contributed by atoms with Crippen LogP contribution in [0.15, 0.2) is 34.1 Å². The molecule has 0 aliphatic carbocycles. The van der Waals surface area contributed by atoms with Crippen LogP contribution in [0.3, 0.4) is 0 Å². The second kappa shape index (κ2) is 4.88. The second-order valence-electron chi connectivity index (χ2n) is 3.07. The third kappa shape index (κ3) is 2.65. The topological polar surface area (TPSA) is 22.1 Å². The number of halogens is 1. The van der Waals surface area contributed by atoms with E-state index >= 15 is 0 Å². The zero-order chi connectivity index (χ0) is 10.7. The minimum atomic E-state index is 0.585. The Labute approximate surface area is 101 Å². The predicted molar refractivity (Wildman–Crippen MR) is 66.0 cm³/mol. The van der Waals surface area contributed by atoms with Gasteiger partial charge >= 0.3 is 0 Å². The van der Waals surface area contributed by atoms with Crippen molar-refractivity contribution in [3.05, 3.63) is 39.1 Å². The van der Waals surface area contributed by atoms with Gasteiger partial charge in [0.25, 0.3) is 0 Å². The summed E-state index contributed by atoms with van der Waals surface area (Å²) < 4.78 is 6.12. The molecule has 0 aliphatic rings. The van der Waals surface area contributed by atoms with Crippen LogP contribution in [-0.2, 0) is 11.3 Å². The molecule has 0 saturated heterocycles. The first-order chi connectivity index (χ1) is 7.29. The largest absolute Gasteiger partial charge is 0.378 e. The maximum absolute atomic E-state index is 5.04. The minimum absolute atomic E-state index is 0.585. The average molecular weight is 284 g/mol. The molecule has 0 N–H and O–H groups in total. The second-order valence-corrected chi connectivity index (χ2v) is 4.92. The van der Waals surface area contributed by atoms with E-state index in [1.54, 1.807) is 18.4 Å². The van der Waals surface area contributed by atoms with Crippen LogP contribution >= 0.6 is 27.3 Å². The van der Waals surface area contributed by atoms with Crippen molar-refractivity contribution < 1.29 is 4.74 Å². The summed E-state index contributed by atoms with van der Waals surface area (Å²) in [6, 6.07) is 8.14. The molecule has 0 radical (unpaired) electrons. The van der Waals surface area contributed by atoms with Gasteiger partial charge in [-0.3, -0.25) is 0 Å². The SMILES string of the molecule is COCc1nc(-c2ccc(Br)cc2)cs1. The number of hydrogen-bond donors (Lipinski definition) is 0. The van der Waals surface area contributed by atoms with Gasteiger partial charge in [-0.25, -0.2) is 4.98 Å². The molecule has 78 valence electrons. The number of rotatable bonds is 3. The van der Waals surface area contributed by atoms with E-state index in [9.17, 15) is 0 Å². The fourth-order valence-corrected chi connectivity index (χ4v) is 2.29. The van der Waals surface area contributed by atoms with Gasteiger partial charge in [-0.1, -0.05) is 28.1 Å². The van der Waals surface area contributed by atoms with Gasteiger partial charge in [0.2, 0.25) is 0 Å². The lowest BCUT2D eigenvalue weighted by Crippen LogP contribution is -1.85. The van der Waals surface area contributed by atoms with E-state index < -0.39 is 0 Å². The maximum atomic E-state index is 5.04. The molecule has 0 bridgehead atoms. The summed E-state index contributed by atoms with van der Waals surface area (Å²) in [4.78, 5) is 4.48. The summed E-state index contributed by atoms with van der Waals surface area (Å²) in [5.41, 5.74) is 2.15. The Morgan fingerprint density at radius 2 is 2.07 bits per heavy atom. The van der Waals surface area contributed by atoms with Crippen molar-refractivity contribution in [1.82, 2.24) is 4.98 Å². The number of benzene rings is 1. The normalized spacial score (nSPS) is 10.5. The van der Waals surface area contributed by atoms with Crippen LogP contribution in [-0.4, -0.2) is 12.1 Å². The van der Waals surface area contributed by atoms with Crippen molar-refractivity contribution in [2.75, 3.05) is 7.11 Å². The van der Waals surface area contributed by atoms with E-state index in [4.69, 9.17) is 4.74 Å². The molecule has 1 aromatic heterocycles. The molecule has 0 unspecified atom stereocenters. The van der Waals surface area contributed by atoms with Crippen molar-refractivity contribution in [1.29, 1.82) is 0 Å². The summed E-state index contributed by atoms with van der Waals surface area (Å²) in [5.74, 6) is 0. The molecule has 0 amide bonds. The molecule has 0 saturated carbocycles. The van der Waals surface area contributed by atoms with Gasteiger partial charge in [-0.2, -0.15) is 0 Å². The summed E-state index contributed by atoms with van der Waals surface area (Å²) >= 11 is 5.04. The third-order valence-electron chi connectivity index (χ3n) is 1.96. The summed E-state index contributed by atoms with van der Waals surface area (Å²) in [7, 11) is 1.68. The van der Waals surface area contributed by atoms with Crippen molar-refractivity contribution in [2.24, 2.45) is 0 Å². The summed E-state index contributed by atoms with van der Waals surface area (Å²) in [6.45, 7) is 0.585. The first-order valence-electron chi connectivity index (χ1n) is 4.49. The van der Waals surface area contributed by atoms with Crippen LogP contribution in [0.25, 0.3) is 11.3 Å². The van der Waals surface area contributed by atoms with E-state index in [0.717, 1.165) is 20.7 Å². The van der Waals surface area contributed by atoms with Gasteiger partial charge < -0.3 is 4.74 Å². The predicted octanol–water partition coefficient (Wildman–Crippen LogP) is 3.72. The smallest absolute Gasteiger partial charge is 0.119 e. The Morgan fingerprint density at radius 1 is 1.33 bits per heavy atom. The number of ether oxygens (including phenoxy) is 1. The van der Waals surface area contributed by atoms with Crippen molar-refractivity contribution in [3.63, 3.8) is 0 Å². The molecule has 15 heavy (non-hydrogen) atoms. The Hall–Kier alpha value is -0.710. The highest BCUT2D eigenvalue weighted by Gasteiger charge is 2.03. The molecule has 1 aromatic carbocycles. The van der Waals surface area contributed by atoms with Crippen LogP contribution in [0.1, 0.15) is 5.01 Å². The van der Waals surface area contributed by atoms with Crippen LogP contribution in [0, 0.1) is 0 Å². The van der Waals surface area contributed by atoms with Crippen molar-refractivity contribution >= 4 is 27.3 Å². The van der Waals surface area contributed by atoms with E-state index in [2.05, 4.69) is 38.4 Å². The highest BCUT2D eigenvalue weighted by atomic mass is 79.9. The number of thiazole rings is 1. The minimum Gasteiger partial charge on any atom is -0.378 e. The molecular formula is C11H10BrNOS. The molecule has 2 nitrogen and oxygen atoms in total. The number of aromatic nitrogens is 1. The molecule has 0 spiro atoms. The van der Waals surface area contributed by atoms with Gasteiger partial charge in [0.1, 0.15) is 5.01 Å². The fraction of sp³-hybridized carbons (Fsp3) is 0.182. The Morgan fingerprint density at radius 3 is 2.73 bits per heavy atom. The molecule has 1 heterocycles. The zero-order valence-electron chi connectivity index (χ0n) is 8.24. The molecule has 0 aliphatic heterocycles. The molecule has 0 atom stereocenters. The van der Waals surface area contributed by atoms with E-state index in [0.29, 0.717) is 6.61 Å². The van der Waals surface area contributed by atoms with Gasteiger partial charge in [-0.05, 0) is 12.1 Å². The molecule has 4 heteroatoms. The van der Waals surface area contributed by atoms with Crippen LogP contribution in [0.2, 0.25) is 0 Å². The van der Waals surface area contributed by atoms with Crippen molar-refractivity contribution in [2.45, 2.75) is 6.61 Å². The highest BCUT2D eigenvalue weighted by Crippen LogP contribution is 2.23. The Kier molecular flexibility index (Phi) is 3.51. The molecular weight excluding hydrogens is 274 g/mol. The summed E-state index contributed by atoms with van der Waals surface area (Å²) in [5, 5.41) is 3.06. The molecule has 0 fully saturated rings. The van der Waals surface area contributed by atoms with E-state index in [1.165, 1.54) is 0 Å². The van der Waals surface area contributed by atoms with Gasteiger partial charge in [-0.15, -0.1) is 11.3 Å². The van der Waals surface area contributed by atoms with E-state index in [-0.39, 0.29) is 0 Å². The maximum Gasteiger partial charge on any atom is 0.119 e. The zero-order valence-corrected chi connectivity index (χ0v) is 10.6. The molecule has 2 rings (SSSR count). The quantitative estimate of drug-likeness (QED) is 0.857. The van der Waals surface area contributed by atoms with Gasteiger partial charge in [0, 0.05) is 22.5 Å². The van der Waals surface area contributed by atoms with Gasteiger partial charge in [0.05, 0.1) is 12.3 Å². The Bertz CT molecular complexity index is 438. The van der Waals surface area contributed by atoms with Crippen LogP contribution < -0.4 is 0 Å². The summed E-state index contributed by atoms with van der Waals surface area (Å²) in [6.07, 6.45) is 0. The first-order valence-corrected chi connectivity index (χ1v) is 6.16. The lowest BCUT2D eigenvalue weighted by Gasteiger charge is -1.96. The van der Waals surface area contributed by atoms with Crippen molar-refractivity contribution in [3.8, 4) is 11.3 Å². The monoisotopic (exact) mass is 283 g/mol. The lowest BCUT2D eigenvalue weighted by molar-refractivity contribution is 0.184. The first kappa shape index (κ1) is 10.8. The molecule has 2 aromatic rings. The lowest BCUT2D eigenvalue weighted by atomic mass is 10.2. The number of methoxy groups -OCH3 is 1. The number of hydrogen-bond acceptors (Lipinski definition) is 3. The number of nitrogens with zero attached hydrogens (tertiary/aromatic N) is 1. The Balaban J connectivity index is 2.25. The third-order valence-corrected chi connectivity index (χ3v) is 3.31. The standard InChI is InChI=1S/C11H10BrNOS/c1-14-6-11-13-10(7-15-11)8-2-4-9(12)5-3-8/h2-5,7H,6H2,1H3. The van der Waals surface area contributed by atoms with E-state index in [1.807, 2.05) is 12.1 Å². The highest BCUT2D eigenvalue weighted by molar-refractivity contribution is 9.10. The van der Waals surface area contributed by atoms with Crippen LogP contribution in [0.4, 0.5) is 0 Å². The fourth-order valence-electron chi connectivity index (χ4n) is 1.25. The van der Waals surface area contributed by atoms with Gasteiger partial charge in [0.15, 0.2) is 0 Å². The van der Waals surface area contributed by atoms with Crippen LogP contribution in [0.5, 0.6) is 0 Å².